The number of thiazole rings is 1. The molecule has 6 heteroatoms. The van der Waals surface area contributed by atoms with Gasteiger partial charge in [0.25, 0.3) is 0 Å². The Balaban J connectivity index is 2.22. The highest BCUT2D eigenvalue weighted by Crippen LogP contribution is 2.37. The summed E-state index contributed by atoms with van der Waals surface area (Å²) in [6.45, 7) is 0. The predicted octanol–water partition coefficient (Wildman–Crippen LogP) is 3.56. The SMILES string of the molecule is Cn1nc(-c2cncs2)c(-c2ccc(Br)cc2)c1N. The van der Waals surface area contributed by atoms with Gasteiger partial charge in [0.2, 0.25) is 0 Å². The number of hydrogen-bond acceptors (Lipinski definition) is 4. The maximum absolute atomic E-state index is 6.15. The summed E-state index contributed by atoms with van der Waals surface area (Å²) in [7, 11) is 1.85. The van der Waals surface area contributed by atoms with Crippen molar-refractivity contribution in [3.05, 3.63) is 40.4 Å². The molecular formula is C13H11BrN4S. The second kappa shape index (κ2) is 4.79. The van der Waals surface area contributed by atoms with Gasteiger partial charge in [-0.25, -0.2) is 0 Å². The molecule has 2 N–H and O–H groups in total. The van der Waals surface area contributed by atoms with Crippen LogP contribution in [0.1, 0.15) is 0 Å². The van der Waals surface area contributed by atoms with Crippen LogP contribution in [0.3, 0.4) is 0 Å². The molecule has 2 heterocycles. The van der Waals surface area contributed by atoms with Crippen molar-refractivity contribution in [3.63, 3.8) is 0 Å². The molecule has 96 valence electrons. The number of aryl methyl sites for hydroxylation is 1. The van der Waals surface area contributed by atoms with Crippen molar-refractivity contribution in [1.82, 2.24) is 14.8 Å². The summed E-state index contributed by atoms with van der Waals surface area (Å²) in [5, 5.41) is 4.50. The van der Waals surface area contributed by atoms with Crippen LogP contribution in [0.5, 0.6) is 0 Å². The number of halogens is 1. The lowest BCUT2D eigenvalue weighted by molar-refractivity contribution is 0.783. The minimum atomic E-state index is 0.658. The minimum Gasteiger partial charge on any atom is -0.383 e. The fourth-order valence-electron chi connectivity index (χ4n) is 1.94. The minimum absolute atomic E-state index is 0.658. The number of rotatable bonds is 2. The molecule has 0 bridgehead atoms. The number of nitrogens with zero attached hydrogens (tertiary/aromatic N) is 3. The quantitative estimate of drug-likeness (QED) is 0.779. The highest BCUT2D eigenvalue weighted by molar-refractivity contribution is 9.10. The van der Waals surface area contributed by atoms with Crippen molar-refractivity contribution in [1.29, 1.82) is 0 Å². The van der Waals surface area contributed by atoms with E-state index in [-0.39, 0.29) is 0 Å². The van der Waals surface area contributed by atoms with Crippen LogP contribution in [-0.2, 0) is 7.05 Å². The van der Waals surface area contributed by atoms with Gasteiger partial charge in [0, 0.05) is 17.7 Å². The molecule has 0 spiro atoms. The van der Waals surface area contributed by atoms with Gasteiger partial charge in [0.05, 0.1) is 16.0 Å². The summed E-state index contributed by atoms with van der Waals surface area (Å²) in [4.78, 5) is 5.13. The lowest BCUT2D eigenvalue weighted by Gasteiger charge is -2.03. The van der Waals surface area contributed by atoms with Crippen LogP contribution in [0.2, 0.25) is 0 Å². The predicted molar refractivity (Wildman–Crippen MR) is 81.9 cm³/mol. The summed E-state index contributed by atoms with van der Waals surface area (Å²) >= 11 is 5.00. The molecule has 0 amide bonds. The summed E-state index contributed by atoms with van der Waals surface area (Å²) < 4.78 is 2.74. The highest BCUT2D eigenvalue weighted by atomic mass is 79.9. The molecule has 1 aromatic carbocycles. The van der Waals surface area contributed by atoms with Gasteiger partial charge in [-0.1, -0.05) is 28.1 Å². The van der Waals surface area contributed by atoms with E-state index >= 15 is 0 Å². The van der Waals surface area contributed by atoms with E-state index in [1.165, 1.54) is 0 Å². The maximum Gasteiger partial charge on any atom is 0.129 e. The average Bonchev–Trinajstić information content (AvgIpc) is 3.01. The van der Waals surface area contributed by atoms with Gasteiger partial charge in [0.1, 0.15) is 11.5 Å². The van der Waals surface area contributed by atoms with Crippen LogP contribution >= 0.6 is 27.3 Å². The van der Waals surface area contributed by atoms with Gasteiger partial charge in [-0.2, -0.15) is 5.10 Å². The Labute approximate surface area is 123 Å². The summed E-state index contributed by atoms with van der Waals surface area (Å²) in [5.41, 5.74) is 10.8. The standard InChI is InChI=1S/C13H11BrN4S/c1-18-13(15)11(8-2-4-9(14)5-3-8)12(17-18)10-6-16-7-19-10/h2-7H,15H2,1H3. The number of nitrogen functional groups attached to an aromatic ring is 1. The van der Waals surface area contributed by atoms with Crippen LogP contribution in [0.15, 0.2) is 40.4 Å². The second-order valence-electron chi connectivity index (χ2n) is 4.11. The molecule has 0 saturated carbocycles. The van der Waals surface area contributed by atoms with Gasteiger partial charge >= 0.3 is 0 Å². The van der Waals surface area contributed by atoms with Crippen LogP contribution in [-0.4, -0.2) is 14.8 Å². The van der Waals surface area contributed by atoms with E-state index < -0.39 is 0 Å². The molecular weight excluding hydrogens is 324 g/mol. The number of aromatic nitrogens is 3. The van der Waals surface area contributed by atoms with Crippen LogP contribution in [0.4, 0.5) is 5.82 Å². The summed E-state index contributed by atoms with van der Waals surface area (Å²) in [6, 6.07) is 8.06. The molecule has 3 aromatic rings. The Hall–Kier alpha value is -1.66. The summed E-state index contributed by atoms with van der Waals surface area (Å²) in [6.07, 6.45) is 1.81. The molecule has 0 aliphatic heterocycles. The number of hydrogen-bond donors (Lipinski definition) is 1. The first-order valence-electron chi connectivity index (χ1n) is 5.64. The van der Waals surface area contributed by atoms with E-state index in [2.05, 4.69) is 26.0 Å². The zero-order chi connectivity index (χ0) is 13.4. The summed E-state index contributed by atoms with van der Waals surface area (Å²) in [5.74, 6) is 0.658. The van der Waals surface area contributed by atoms with Crippen molar-refractivity contribution in [2.24, 2.45) is 7.05 Å². The maximum atomic E-state index is 6.15. The lowest BCUT2D eigenvalue weighted by Crippen LogP contribution is -1.97. The van der Waals surface area contributed by atoms with Crippen molar-refractivity contribution in [2.45, 2.75) is 0 Å². The highest BCUT2D eigenvalue weighted by Gasteiger charge is 2.18. The van der Waals surface area contributed by atoms with Gasteiger partial charge in [-0.15, -0.1) is 11.3 Å². The molecule has 0 saturated heterocycles. The first-order chi connectivity index (χ1) is 9.16. The fraction of sp³-hybridized carbons (Fsp3) is 0.0769. The topological polar surface area (TPSA) is 56.7 Å². The van der Waals surface area contributed by atoms with Gasteiger partial charge in [-0.3, -0.25) is 9.67 Å². The largest absolute Gasteiger partial charge is 0.383 e. The monoisotopic (exact) mass is 334 g/mol. The number of anilines is 1. The Bertz CT molecular complexity index is 701. The molecule has 19 heavy (non-hydrogen) atoms. The second-order valence-corrected chi connectivity index (χ2v) is 5.91. The van der Waals surface area contributed by atoms with E-state index in [1.807, 2.05) is 37.5 Å². The van der Waals surface area contributed by atoms with Gasteiger partial charge < -0.3 is 5.73 Å². The third kappa shape index (κ3) is 2.17. The first-order valence-corrected chi connectivity index (χ1v) is 7.31. The molecule has 0 radical (unpaired) electrons. The average molecular weight is 335 g/mol. The molecule has 4 nitrogen and oxygen atoms in total. The molecule has 0 aliphatic rings. The Morgan fingerprint density at radius 3 is 2.63 bits per heavy atom. The molecule has 3 rings (SSSR count). The van der Waals surface area contributed by atoms with E-state index in [4.69, 9.17) is 5.73 Å². The molecule has 0 unspecified atom stereocenters. The van der Waals surface area contributed by atoms with E-state index in [0.29, 0.717) is 5.82 Å². The van der Waals surface area contributed by atoms with Gasteiger partial charge in [-0.05, 0) is 17.7 Å². The zero-order valence-electron chi connectivity index (χ0n) is 10.2. The zero-order valence-corrected chi connectivity index (χ0v) is 12.6. The third-order valence-corrected chi connectivity index (χ3v) is 4.20. The van der Waals surface area contributed by atoms with Crippen LogP contribution < -0.4 is 5.73 Å². The number of benzene rings is 1. The molecule has 0 atom stereocenters. The third-order valence-electron chi connectivity index (χ3n) is 2.89. The van der Waals surface area contributed by atoms with Crippen molar-refractivity contribution >= 4 is 33.1 Å². The smallest absolute Gasteiger partial charge is 0.129 e. The normalized spacial score (nSPS) is 10.8. The fourth-order valence-corrected chi connectivity index (χ4v) is 2.82. The first kappa shape index (κ1) is 12.4. The Morgan fingerprint density at radius 1 is 1.26 bits per heavy atom. The number of nitrogens with two attached hydrogens (primary N) is 1. The van der Waals surface area contributed by atoms with E-state index in [9.17, 15) is 0 Å². The van der Waals surface area contributed by atoms with E-state index in [0.717, 1.165) is 26.2 Å². The van der Waals surface area contributed by atoms with Crippen molar-refractivity contribution in [3.8, 4) is 21.7 Å². The van der Waals surface area contributed by atoms with Crippen LogP contribution in [0.25, 0.3) is 21.7 Å². The van der Waals surface area contributed by atoms with Crippen molar-refractivity contribution in [2.75, 3.05) is 5.73 Å². The molecule has 0 fully saturated rings. The molecule has 0 aliphatic carbocycles. The molecule has 2 aromatic heterocycles. The van der Waals surface area contributed by atoms with E-state index in [1.54, 1.807) is 21.5 Å². The van der Waals surface area contributed by atoms with Crippen molar-refractivity contribution < 1.29 is 0 Å². The Kier molecular flexibility index (Phi) is 3.12. The van der Waals surface area contributed by atoms with Crippen LogP contribution in [0, 0.1) is 0 Å². The lowest BCUT2D eigenvalue weighted by atomic mass is 10.1. The van der Waals surface area contributed by atoms with Gasteiger partial charge in [0.15, 0.2) is 0 Å². The Morgan fingerprint density at radius 2 is 2.00 bits per heavy atom.